The fraction of sp³-hybridized carbons (Fsp3) is 0.176. The van der Waals surface area contributed by atoms with Gasteiger partial charge in [-0.1, -0.05) is 23.2 Å². The van der Waals surface area contributed by atoms with Gasteiger partial charge in [0.05, 0.1) is 0 Å². The molecule has 1 atom stereocenters. The number of rotatable bonds is 6. The maximum atomic E-state index is 11.9. The third kappa shape index (κ3) is 5.27. The molecule has 23 heavy (non-hydrogen) atoms. The van der Waals surface area contributed by atoms with E-state index in [1.54, 1.807) is 55.5 Å². The molecule has 0 saturated heterocycles. The minimum Gasteiger partial charge on any atom is -0.479 e. The van der Waals surface area contributed by atoms with Crippen molar-refractivity contribution < 1.29 is 19.1 Å². The molecule has 0 radical (unpaired) electrons. The summed E-state index contributed by atoms with van der Waals surface area (Å²) in [6.45, 7) is 1.19. The van der Waals surface area contributed by atoms with Gasteiger partial charge in [0, 0.05) is 15.6 Å². The second-order valence-corrected chi connectivity index (χ2v) is 5.62. The van der Waals surface area contributed by atoms with Gasteiger partial charge in [0.1, 0.15) is 5.75 Å². The van der Waals surface area contributed by atoms with E-state index >= 15 is 0 Å². The highest BCUT2D eigenvalue weighted by Crippen LogP contribution is 2.17. The van der Waals surface area contributed by atoms with Crippen LogP contribution >= 0.6 is 23.2 Å². The van der Waals surface area contributed by atoms with Gasteiger partial charge >= 0.3 is 5.97 Å². The Bertz CT molecular complexity index is 681. The van der Waals surface area contributed by atoms with E-state index in [-0.39, 0.29) is 12.4 Å². The summed E-state index contributed by atoms with van der Waals surface area (Å²) in [5.74, 6) is -0.446. The molecule has 0 aromatic heterocycles. The van der Waals surface area contributed by atoms with Crippen molar-refractivity contribution in [1.29, 1.82) is 0 Å². The average molecular weight is 353 g/mol. The molecule has 0 bridgehead atoms. The van der Waals surface area contributed by atoms with E-state index in [0.29, 0.717) is 21.4 Å². The summed E-state index contributed by atoms with van der Waals surface area (Å²) in [6, 6.07) is 12.9. The Labute approximate surface area is 143 Å². The Kier molecular flexibility index (Phi) is 6.02. The van der Waals surface area contributed by atoms with Crippen molar-refractivity contribution in [3.8, 4) is 5.75 Å². The molecule has 1 unspecified atom stereocenters. The Morgan fingerprint density at radius 3 is 2.04 bits per heavy atom. The highest BCUT2D eigenvalue weighted by molar-refractivity contribution is 6.30. The molecule has 0 heterocycles. The lowest BCUT2D eigenvalue weighted by atomic mass is 10.1. The van der Waals surface area contributed by atoms with Crippen molar-refractivity contribution >= 4 is 35.0 Å². The lowest BCUT2D eigenvalue weighted by molar-refractivity contribution is -0.149. The van der Waals surface area contributed by atoms with Crippen molar-refractivity contribution in [1.82, 2.24) is 0 Å². The van der Waals surface area contributed by atoms with E-state index < -0.39 is 12.1 Å². The Morgan fingerprint density at radius 1 is 0.957 bits per heavy atom. The van der Waals surface area contributed by atoms with Crippen molar-refractivity contribution in [2.45, 2.75) is 13.0 Å². The molecule has 0 spiro atoms. The molecule has 0 fully saturated rings. The predicted molar refractivity (Wildman–Crippen MR) is 88.3 cm³/mol. The molecule has 120 valence electrons. The van der Waals surface area contributed by atoms with Crippen LogP contribution in [0.5, 0.6) is 5.75 Å². The van der Waals surface area contributed by atoms with Crippen LogP contribution in [0.15, 0.2) is 48.5 Å². The van der Waals surface area contributed by atoms with Gasteiger partial charge in [0.2, 0.25) is 0 Å². The summed E-state index contributed by atoms with van der Waals surface area (Å²) < 4.78 is 10.4. The number of carbonyl (C=O) groups is 2. The minimum atomic E-state index is -0.839. The van der Waals surface area contributed by atoms with Crippen molar-refractivity contribution in [3.63, 3.8) is 0 Å². The average Bonchev–Trinajstić information content (AvgIpc) is 2.55. The predicted octanol–water partition coefficient (Wildman–Crippen LogP) is 4.19. The SMILES string of the molecule is CC(Oc1ccc(Cl)cc1)C(=O)OCC(=O)c1ccc(Cl)cc1. The summed E-state index contributed by atoms with van der Waals surface area (Å²) in [4.78, 5) is 23.8. The van der Waals surface area contributed by atoms with Crippen LogP contribution in [0.4, 0.5) is 0 Å². The van der Waals surface area contributed by atoms with Gasteiger partial charge in [-0.3, -0.25) is 4.79 Å². The number of ketones is 1. The monoisotopic (exact) mass is 352 g/mol. The molecular formula is C17H14Cl2O4. The summed E-state index contributed by atoms with van der Waals surface area (Å²) in [5, 5.41) is 1.10. The Balaban J connectivity index is 1.84. The number of benzene rings is 2. The summed E-state index contributed by atoms with van der Waals surface area (Å²) in [6.07, 6.45) is -0.839. The first-order chi connectivity index (χ1) is 11.0. The topological polar surface area (TPSA) is 52.6 Å². The van der Waals surface area contributed by atoms with Crippen molar-refractivity contribution in [2.75, 3.05) is 6.61 Å². The largest absolute Gasteiger partial charge is 0.479 e. The standard InChI is InChI=1S/C17H14Cl2O4/c1-11(23-15-8-6-14(19)7-9-15)17(21)22-10-16(20)12-2-4-13(18)5-3-12/h2-9,11H,10H2,1H3. The molecule has 2 aromatic rings. The summed E-state index contributed by atoms with van der Waals surface area (Å²) >= 11 is 11.5. The van der Waals surface area contributed by atoms with E-state index in [9.17, 15) is 9.59 Å². The Hall–Kier alpha value is -2.04. The van der Waals surface area contributed by atoms with E-state index in [2.05, 4.69) is 0 Å². The normalized spacial score (nSPS) is 11.6. The molecule has 0 aliphatic heterocycles. The quantitative estimate of drug-likeness (QED) is 0.577. The lowest BCUT2D eigenvalue weighted by Crippen LogP contribution is -2.28. The molecule has 4 nitrogen and oxygen atoms in total. The zero-order valence-electron chi connectivity index (χ0n) is 12.3. The lowest BCUT2D eigenvalue weighted by Gasteiger charge is -2.13. The van der Waals surface area contributed by atoms with Crippen LogP contribution in [0.3, 0.4) is 0 Å². The summed E-state index contributed by atoms with van der Waals surface area (Å²) in [5.41, 5.74) is 0.425. The van der Waals surface area contributed by atoms with E-state index in [0.717, 1.165) is 0 Å². The van der Waals surface area contributed by atoms with Crippen LogP contribution in [-0.2, 0) is 9.53 Å². The van der Waals surface area contributed by atoms with Gasteiger partial charge in [-0.15, -0.1) is 0 Å². The van der Waals surface area contributed by atoms with Gasteiger partial charge in [0.15, 0.2) is 18.5 Å². The van der Waals surface area contributed by atoms with E-state index in [4.69, 9.17) is 32.7 Å². The van der Waals surface area contributed by atoms with Crippen LogP contribution < -0.4 is 4.74 Å². The van der Waals surface area contributed by atoms with Gasteiger partial charge < -0.3 is 9.47 Å². The van der Waals surface area contributed by atoms with Crippen LogP contribution in [0.2, 0.25) is 10.0 Å². The molecule has 2 aromatic carbocycles. The fourth-order valence-corrected chi connectivity index (χ4v) is 1.99. The maximum absolute atomic E-state index is 11.9. The molecule has 0 amide bonds. The number of hydrogen-bond donors (Lipinski definition) is 0. The zero-order chi connectivity index (χ0) is 16.8. The number of Topliss-reactive ketones (excluding diaryl/α,β-unsaturated/α-hetero) is 1. The zero-order valence-corrected chi connectivity index (χ0v) is 13.8. The Morgan fingerprint density at radius 2 is 1.48 bits per heavy atom. The minimum absolute atomic E-state index is 0.311. The van der Waals surface area contributed by atoms with E-state index in [1.165, 1.54) is 0 Å². The van der Waals surface area contributed by atoms with Crippen LogP contribution in [0, 0.1) is 0 Å². The van der Waals surface area contributed by atoms with E-state index in [1.807, 2.05) is 0 Å². The maximum Gasteiger partial charge on any atom is 0.347 e. The van der Waals surface area contributed by atoms with Gasteiger partial charge in [-0.05, 0) is 55.5 Å². The van der Waals surface area contributed by atoms with Crippen LogP contribution in [0.25, 0.3) is 0 Å². The van der Waals surface area contributed by atoms with Gasteiger partial charge in [0.25, 0.3) is 0 Å². The first kappa shape index (κ1) is 17.3. The van der Waals surface area contributed by atoms with Crippen molar-refractivity contribution in [2.24, 2.45) is 0 Å². The number of halogens is 2. The van der Waals surface area contributed by atoms with Crippen LogP contribution in [0.1, 0.15) is 17.3 Å². The molecule has 6 heteroatoms. The molecule has 0 aliphatic rings. The highest BCUT2D eigenvalue weighted by atomic mass is 35.5. The highest BCUT2D eigenvalue weighted by Gasteiger charge is 2.18. The summed E-state index contributed by atoms with van der Waals surface area (Å²) in [7, 11) is 0. The second-order valence-electron chi connectivity index (χ2n) is 4.75. The fourth-order valence-electron chi connectivity index (χ4n) is 1.74. The van der Waals surface area contributed by atoms with Gasteiger partial charge in [-0.25, -0.2) is 4.79 Å². The second kappa shape index (κ2) is 7.99. The van der Waals surface area contributed by atoms with Crippen LogP contribution in [-0.4, -0.2) is 24.5 Å². The number of ether oxygens (including phenoxy) is 2. The molecule has 0 aliphatic carbocycles. The third-order valence-corrected chi connectivity index (χ3v) is 3.47. The third-order valence-electron chi connectivity index (χ3n) is 2.97. The smallest absolute Gasteiger partial charge is 0.347 e. The molecule has 0 N–H and O–H groups in total. The first-order valence-electron chi connectivity index (χ1n) is 6.83. The van der Waals surface area contributed by atoms with Gasteiger partial charge in [-0.2, -0.15) is 0 Å². The number of hydrogen-bond acceptors (Lipinski definition) is 4. The molecular weight excluding hydrogens is 339 g/mol. The van der Waals surface area contributed by atoms with Crippen molar-refractivity contribution in [3.05, 3.63) is 64.1 Å². The first-order valence-corrected chi connectivity index (χ1v) is 7.59. The number of carbonyl (C=O) groups excluding carboxylic acids is 2. The molecule has 2 rings (SSSR count). The molecule has 0 saturated carbocycles. The number of esters is 1.